The van der Waals surface area contributed by atoms with Gasteiger partial charge in [-0.1, -0.05) is 48.0 Å². The number of benzene rings is 3. The number of nitrogens with one attached hydrogen (secondary N) is 2. The lowest BCUT2D eigenvalue weighted by molar-refractivity contribution is 0.174. The Kier molecular flexibility index (Phi) is 6.42. The number of pyridine rings is 1. The van der Waals surface area contributed by atoms with Crippen LogP contribution in [0, 0.1) is 6.92 Å². The van der Waals surface area contributed by atoms with Crippen LogP contribution >= 0.6 is 12.2 Å². The number of fused-ring (bicyclic) bond motifs is 2. The summed E-state index contributed by atoms with van der Waals surface area (Å²) < 4.78 is 11.0. The number of ether oxygens (including phenoxy) is 2. The Morgan fingerprint density at radius 1 is 1.03 bits per heavy atom. The van der Waals surface area contributed by atoms with Gasteiger partial charge in [0.15, 0.2) is 16.6 Å². The monoisotopic (exact) mass is 485 g/mol. The zero-order valence-corrected chi connectivity index (χ0v) is 20.5. The molecule has 1 aromatic heterocycles. The normalized spacial score (nSPS) is 13.0. The number of hydrogen-bond acceptors (Lipinski definition) is 4. The molecule has 6 nitrogen and oxygen atoms in total. The van der Waals surface area contributed by atoms with Gasteiger partial charge in [0.1, 0.15) is 0 Å². The molecule has 0 bridgehead atoms. The molecule has 0 saturated heterocycles. The molecular formula is C28H27N3O3S. The number of aromatic nitrogens is 1. The number of nitrogens with zero attached hydrogens (tertiary/aromatic N) is 1. The molecule has 3 aromatic carbocycles. The van der Waals surface area contributed by atoms with Gasteiger partial charge in [-0.25, -0.2) is 0 Å². The second kappa shape index (κ2) is 9.80. The van der Waals surface area contributed by atoms with Crippen LogP contribution < -0.4 is 20.3 Å². The van der Waals surface area contributed by atoms with Crippen LogP contribution in [0.25, 0.3) is 10.9 Å². The summed E-state index contributed by atoms with van der Waals surface area (Å²) in [6.45, 7) is 5.21. The summed E-state index contributed by atoms with van der Waals surface area (Å²) in [5.41, 5.74) is 4.65. The van der Waals surface area contributed by atoms with Gasteiger partial charge in [0.05, 0.1) is 12.6 Å². The van der Waals surface area contributed by atoms with E-state index >= 15 is 0 Å². The average molecular weight is 486 g/mol. The minimum atomic E-state index is -0.115. The summed E-state index contributed by atoms with van der Waals surface area (Å²) in [7, 11) is 0. The van der Waals surface area contributed by atoms with Crippen LogP contribution in [0.2, 0.25) is 0 Å². The molecule has 0 unspecified atom stereocenters. The Labute approximate surface area is 209 Å². The molecule has 0 fully saturated rings. The lowest BCUT2D eigenvalue weighted by atomic mass is 10.1. The quantitative estimate of drug-likeness (QED) is 0.366. The predicted molar refractivity (Wildman–Crippen MR) is 142 cm³/mol. The highest BCUT2D eigenvalue weighted by Gasteiger charge is 2.19. The maximum absolute atomic E-state index is 12.9. The third-order valence-corrected chi connectivity index (χ3v) is 6.55. The molecule has 0 spiro atoms. The first kappa shape index (κ1) is 22.9. The van der Waals surface area contributed by atoms with Crippen molar-refractivity contribution in [2.24, 2.45) is 0 Å². The largest absolute Gasteiger partial charge is 0.454 e. The summed E-state index contributed by atoms with van der Waals surface area (Å²) in [6.07, 6.45) is 0. The fraction of sp³-hybridized carbons (Fsp3) is 0.214. The van der Waals surface area contributed by atoms with Crippen LogP contribution in [-0.4, -0.2) is 21.8 Å². The SMILES string of the molecule is Cc1ccc2[nH]c(=O)c(CN(Cc3ccc4c(c3)OCO4)C(=S)N[C@H](C)c3ccccc3)cc2c1. The van der Waals surface area contributed by atoms with E-state index in [9.17, 15) is 4.79 Å². The van der Waals surface area contributed by atoms with Crippen molar-refractivity contribution in [3.8, 4) is 11.5 Å². The minimum absolute atomic E-state index is 0.0143. The molecule has 1 aliphatic rings. The van der Waals surface area contributed by atoms with Crippen molar-refractivity contribution in [2.75, 3.05) is 6.79 Å². The van der Waals surface area contributed by atoms with Gasteiger partial charge in [-0.3, -0.25) is 4.79 Å². The standard InChI is InChI=1S/C28H27N3O3S/c1-18-8-10-24-22(12-18)14-23(27(32)30-24)16-31(15-20-9-11-25-26(13-20)34-17-33-25)28(35)29-19(2)21-6-4-3-5-7-21/h3-14,19H,15-17H2,1-2H3,(H,29,35)(H,30,32)/t19-/m1/s1. The molecule has 0 amide bonds. The molecule has 2 heterocycles. The Bertz CT molecular complexity index is 1430. The molecule has 178 valence electrons. The Morgan fingerprint density at radius 3 is 2.66 bits per heavy atom. The second-order valence-corrected chi connectivity index (χ2v) is 9.23. The third kappa shape index (κ3) is 5.15. The van der Waals surface area contributed by atoms with Gasteiger partial charge in [-0.2, -0.15) is 0 Å². The van der Waals surface area contributed by atoms with Crippen molar-refractivity contribution in [3.05, 3.63) is 105 Å². The van der Waals surface area contributed by atoms with Gasteiger partial charge < -0.3 is 24.7 Å². The number of H-pyrrole nitrogens is 1. The van der Waals surface area contributed by atoms with Crippen LogP contribution in [0.3, 0.4) is 0 Å². The Balaban J connectivity index is 1.44. The van der Waals surface area contributed by atoms with E-state index in [0.29, 0.717) is 23.8 Å². The molecule has 5 rings (SSSR count). The maximum atomic E-state index is 12.9. The highest BCUT2D eigenvalue weighted by atomic mass is 32.1. The molecule has 35 heavy (non-hydrogen) atoms. The van der Waals surface area contributed by atoms with E-state index in [1.165, 1.54) is 0 Å². The zero-order valence-electron chi connectivity index (χ0n) is 19.7. The highest BCUT2D eigenvalue weighted by molar-refractivity contribution is 7.80. The van der Waals surface area contributed by atoms with E-state index in [4.69, 9.17) is 21.7 Å². The van der Waals surface area contributed by atoms with Crippen LogP contribution in [0.15, 0.2) is 77.6 Å². The minimum Gasteiger partial charge on any atom is -0.454 e. The fourth-order valence-electron chi connectivity index (χ4n) is 4.26. The summed E-state index contributed by atoms with van der Waals surface area (Å²) >= 11 is 5.86. The summed E-state index contributed by atoms with van der Waals surface area (Å²) in [6, 6.07) is 24.0. The first-order valence-electron chi connectivity index (χ1n) is 11.6. The zero-order chi connectivity index (χ0) is 24.4. The number of hydrogen-bond donors (Lipinski definition) is 2. The van der Waals surface area contributed by atoms with E-state index < -0.39 is 0 Å². The van der Waals surface area contributed by atoms with E-state index in [1.807, 2.05) is 66.4 Å². The Morgan fingerprint density at radius 2 is 1.83 bits per heavy atom. The fourth-order valence-corrected chi connectivity index (χ4v) is 4.56. The summed E-state index contributed by atoms with van der Waals surface area (Å²) in [5, 5.41) is 5.02. The molecule has 0 saturated carbocycles. The molecule has 1 atom stereocenters. The molecular weight excluding hydrogens is 458 g/mol. The Hall–Kier alpha value is -3.84. The van der Waals surface area contributed by atoms with Gasteiger partial charge in [0.2, 0.25) is 6.79 Å². The first-order valence-corrected chi connectivity index (χ1v) is 12.0. The van der Waals surface area contributed by atoms with Crippen molar-refractivity contribution in [3.63, 3.8) is 0 Å². The predicted octanol–water partition coefficient (Wildman–Crippen LogP) is 5.20. The third-order valence-electron chi connectivity index (χ3n) is 6.18. The van der Waals surface area contributed by atoms with E-state index in [2.05, 4.69) is 35.4 Å². The van der Waals surface area contributed by atoms with Gasteiger partial charge in [-0.15, -0.1) is 0 Å². The van der Waals surface area contributed by atoms with Crippen molar-refractivity contribution >= 4 is 28.2 Å². The first-order chi connectivity index (χ1) is 17.0. The lowest BCUT2D eigenvalue weighted by Gasteiger charge is -2.28. The molecule has 7 heteroatoms. The highest BCUT2D eigenvalue weighted by Crippen LogP contribution is 2.33. The topological polar surface area (TPSA) is 66.6 Å². The number of rotatable bonds is 6. The van der Waals surface area contributed by atoms with Crippen LogP contribution in [0.5, 0.6) is 11.5 Å². The molecule has 0 aliphatic carbocycles. The van der Waals surface area contributed by atoms with Gasteiger partial charge in [-0.05, 0) is 72.9 Å². The van der Waals surface area contributed by atoms with Crippen LogP contribution in [0.4, 0.5) is 0 Å². The summed E-state index contributed by atoms with van der Waals surface area (Å²) in [5.74, 6) is 1.46. The van der Waals surface area contributed by atoms with Crippen LogP contribution in [-0.2, 0) is 13.1 Å². The average Bonchev–Trinajstić information content (AvgIpc) is 3.32. The van der Waals surface area contributed by atoms with Crippen LogP contribution in [0.1, 0.15) is 35.2 Å². The van der Waals surface area contributed by atoms with Gasteiger partial charge in [0, 0.05) is 17.6 Å². The molecule has 2 N–H and O–H groups in total. The van der Waals surface area contributed by atoms with Crippen molar-refractivity contribution in [1.82, 2.24) is 15.2 Å². The molecule has 0 radical (unpaired) electrons. The van der Waals surface area contributed by atoms with Gasteiger partial charge in [0.25, 0.3) is 5.56 Å². The number of thiocarbonyl (C=S) groups is 1. The summed E-state index contributed by atoms with van der Waals surface area (Å²) in [4.78, 5) is 18.0. The second-order valence-electron chi connectivity index (χ2n) is 8.84. The number of aromatic amines is 1. The maximum Gasteiger partial charge on any atom is 0.253 e. The molecule has 1 aliphatic heterocycles. The van der Waals surface area contributed by atoms with E-state index in [-0.39, 0.29) is 18.4 Å². The lowest BCUT2D eigenvalue weighted by Crippen LogP contribution is -2.41. The van der Waals surface area contributed by atoms with Gasteiger partial charge >= 0.3 is 0 Å². The van der Waals surface area contributed by atoms with Crippen molar-refractivity contribution in [2.45, 2.75) is 33.0 Å². The van der Waals surface area contributed by atoms with E-state index in [0.717, 1.165) is 39.1 Å². The molecule has 4 aromatic rings. The van der Waals surface area contributed by atoms with E-state index in [1.54, 1.807) is 0 Å². The van der Waals surface area contributed by atoms with Crippen molar-refractivity contribution in [1.29, 1.82) is 0 Å². The smallest absolute Gasteiger partial charge is 0.253 e. The van der Waals surface area contributed by atoms with Crippen molar-refractivity contribution < 1.29 is 9.47 Å². The number of aryl methyl sites for hydroxylation is 1.